The Morgan fingerprint density at radius 3 is 3.20 bits per heavy atom. The molecule has 2 heterocycles. The van der Waals surface area contributed by atoms with Crippen LogP contribution in [0.2, 0.25) is 0 Å². The summed E-state index contributed by atoms with van der Waals surface area (Å²) in [5.41, 5.74) is 1.24. The zero-order chi connectivity index (χ0) is 10.5. The Morgan fingerprint density at radius 1 is 1.53 bits per heavy atom. The summed E-state index contributed by atoms with van der Waals surface area (Å²) in [5.74, 6) is 1.34. The van der Waals surface area contributed by atoms with Crippen molar-refractivity contribution >= 4 is 27.7 Å². The van der Waals surface area contributed by atoms with Crippen LogP contribution in [0, 0.1) is 0 Å². The quantitative estimate of drug-likeness (QED) is 0.921. The van der Waals surface area contributed by atoms with E-state index in [2.05, 4.69) is 44.1 Å². The fourth-order valence-electron chi connectivity index (χ4n) is 1.74. The first-order valence-corrected chi connectivity index (χ1v) is 7.10. The topological polar surface area (TPSA) is 24.9 Å². The molecule has 0 bridgehead atoms. The molecule has 4 heteroatoms. The normalized spacial score (nSPS) is 20.7. The van der Waals surface area contributed by atoms with E-state index in [0.717, 1.165) is 22.8 Å². The van der Waals surface area contributed by atoms with Crippen LogP contribution in [0.4, 0.5) is 0 Å². The zero-order valence-electron chi connectivity index (χ0n) is 8.58. The van der Waals surface area contributed by atoms with E-state index >= 15 is 0 Å². The van der Waals surface area contributed by atoms with E-state index in [1.54, 1.807) is 0 Å². The lowest BCUT2D eigenvalue weighted by Crippen LogP contribution is -2.22. The molecular formula is C11H15BrN2S. The molecule has 1 fully saturated rings. The first-order chi connectivity index (χ1) is 7.34. The predicted molar refractivity (Wildman–Crippen MR) is 69.1 cm³/mol. The number of hydrogen-bond acceptors (Lipinski definition) is 3. The van der Waals surface area contributed by atoms with Gasteiger partial charge in [-0.3, -0.25) is 4.98 Å². The van der Waals surface area contributed by atoms with Crippen LogP contribution in [0.3, 0.4) is 0 Å². The first-order valence-electron chi connectivity index (χ1n) is 5.26. The molecule has 0 saturated carbocycles. The van der Waals surface area contributed by atoms with Gasteiger partial charge in [-0.25, -0.2) is 0 Å². The highest BCUT2D eigenvalue weighted by Crippen LogP contribution is 2.25. The lowest BCUT2D eigenvalue weighted by Gasteiger charge is -2.09. The maximum absolute atomic E-state index is 4.14. The Labute approximate surface area is 103 Å². The van der Waals surface area contributed by atoms with Crippen molar-refractivity contribution in [2.45, 2.75) is 24.6 Å². The predicted octanol–water partition coefficient (Wildman–Crippen LogP) is 2.83. The van der Waals surface area contributed by atoms with E-state index in [-0.39, 0.29) is 0 Å². The molecule has 1 N–H and O–H groups in total. The van der Waals surface area contributed by atoms with Gasteiger partial charge in [-0.15, -0.1) is 0 Å². The number of halogens is 1. The van der Waals surface area contributed by atoms with Gasteiger partial charge >= 0.3 is 0 Å². The summed E-state index contributed by atoms with van der Waals surface area (Å²) in [7, 11) is 0. The number of hydrogen-bond donors (Lipinski definition) is 1. The number of aromatic nitrogens is 1. The highest BCUT2D eigenvalue weighted by atomic mass is 79.9. The van der Waals surface area contributed by atoms with Crippen LogP contribution in [0.5, 0.6) is 0 Å². The molecule has 0 radical (unpaired) electrons. The molecular weight excluding hydrogens is 272 g/mol. The molecule has 1 aliphatic heterocycles. The Balaban J connectivity index is 1.73. The molecule has 2 nitrogen and oxygen atoms in total. The zero-order valence-corrected chi connectivity index (χ0v) is 11.0. The third kappa shape index (κ3) is 3.78. The Kier molecular flexibility index (Phi) is 4.47. The van der Waals surface area contributed by atoms with Gasteiger partial charge in [0, 0.05) is 35.2 Å². The van der Waals surface area contributed by atoms with E-state index in [1.807, 2.05) is 12.4 Å². The molecule has 0 spiro atoms. The first kappa shape index (κ1) is 11.4. The smallest absolute Gasteiger partial charge is 0.0410 e. The molecule has 1 aromatic rings. The van der Waals surface area contributed by atoms with Crippen LogP contribution in [0.15, 0.2) is 22.9 Å². The van der Waals surface area contributed by atoms with Crippen LogP contribution in [0.1, 0.15) is 18.4 Å². The average Bonchev–Trinajstić information content (AvgIpc) is 2.71. The van der Waals surface area contributed by atoms with Crippen molar-refractivity contribution in [2.75, 3.05) is 12.3 Å². The summed E-state index contributed by atoms with van der Waals surface area (Å²) < 4.78 is 1.05. The van der Waals surface area contributed by atoms with E-state index in [0.29, 0.717) is 0 Å². The minimum Gasteiger partial charge on any atom is -0.312 e. The minimum atomic E-state index is 0.824. The third-order valence-corrected chi connectivity index (χ3v) is 4.32. The Bertz CT molecular complexity index is 313. The van der Waals surface area contributed by atoms with Gasteiger partial charge in [-0.05, 0) is 46.2 Å². The Hall–Kier alpha value is -0.0600. The van der Waals surface area contributed by atoms with Crippen molar-refractivity contribution in [3.8, 4) is 0 Å². The highest BCUT2D eigenvalue weighted by molar-refractivity contribution is 9.10. The number of thioether (sulfide) groups is 1. The summed E-state index contributed by atoms with van der Waals surface area (Å²) in [5, 5.41) is 4.31. The Morgan fingerprint density at radius 2 is 2.47 bits per heavy atom. The van der Waals surface area contributed by atoms with Gasteiger partial charge in [0.1, 0.15) is 0 Å². The van der Waals surface area contributed by atoms with Crippen LogP contribution in [0.25, 0.3) is 0 Å². The minimum absolute atomic E-state index is 0.824. The lowest BCUT2D eigenvalue weighted by molar-refractivity contribution is 0.644. The standard InChI is InChI=1S/C11H15BrN2S/c12-10-4-9(5-13-7-10)6-14-8-11-2-1-3-15-11/h4-5,7,11,14H,1-3,6,8H2. The van der Waals surface area contributed by atoms with Crippen molar-refractivity contribution < 1.29 is 0 Å². The van der Waals surface area contributed by atoms with Gasteiger partial charge in [-0.1, -0.05) is 0 Å². The molecule has 1 unspecified atom stereocenters. The van der Waals surface area contributed by atoms with Crippen LogP contribution >= 0.6 is 27.7 Å². The van der Waals surface area contributed by atoms with Gasteiger partial charge in [0.25, 0.3) is 0 Å². The van der Waals surface area contributed by atoms with Crippen molar-refractivity contribution in [1.29, 1.82) is 0 Å². The monoisotopic (exact) mass is 286 g/mol. The molecule has 0 amide bonds. The second-order valence-electron chi connectivity index (χ2n) is 3.78. The van der Waals surface area contributed by atoms with Gasteiger partial charge in [0.05, 0.1) is 0 Å². The molecule has 15 heavy (non-hydrogen) atoms. The molecule has 2 rings (SSSR count). The van der Waals surface area contributed by atoms with Gasteiger partial charge < -0.3 is 5.32 Å². The second kappa shape index (κ2) is 5.87. The summed E-state index contributed by atoms with van der Waals surface area (Å²) >= 11 is 5.52. The molecule has 1 aromatic heterocycles. The van der Waals surface area contributed by atoms with E-state index in [1.165, 1.54) is 24.2 Å². The van der Waals surface area contributed by atoms with E-state index < -0.39 is 0 Å². The van der Waals surface area contributed by atoms with Crippen molar-refractivity contribution in [2.24, 2.45) is 0 Å². The molecule has 1 saturated heterocycles. The average molecular weight is 287 g/mol. The third-order valence-electron chi connectivity index (χ3n) is 2.49. The highest BCUT2D eigenvalue weighted by Gasteiger charge is 2.14. The lowest BCUT2D eigenvalue weighted by atomic mass is 10.2. The maximum atomic E-state index is 4.14. The molecule has 0 aromatic carbocycles. The molecule has 1 aliphatic rings. The number of rotatable bonds is 4. The summed E-state index contributed by atoms with van der Waals surface area (Å²) in [6, 6.07) is 2.11. The van der Waals surface area contributed by atoms with Gasteiger partial charge in [0.2, 0.25) is 0 Å². The van der Waals surface area contributed by atoms with Crippen LogP contribution < -0.4 is 5.32 Å². The molecule has 82 valence electrons. The van der Waals surface area contributed by atoms with Crippen LogP contribution in [-0.4, -0.2) is 22.5 Å². The fourth-order valence-corrected chi connectivity index (χ4v) is 3.38. The fraction of sp³-hybridized carbons (Fsp3) is 0.545. The SMILES string of the molecule is Brc1cncc(CNCC2CCCS2)c1. The molecule has 0 aliphatic carbocycles. The number of nitrogens with one attached hydrogen (secondary N) is 1. The summed E-state index contributed by atoms with van der Waals surface area (Å²) in [6.45, 7) is 2.04. The number of nitrogens with zero attached hydrogens (tertiary/aromatic N) is 1. The summed E-state index contributed by atoms with van der Waals surface area (Å²) in [4.78, 5) is 4.14. The van der Waals surface area contributed by atoms with Crippen molar-refractivity contribution in [1.82, 2.24) is 10.3 Å². The van der Waals surface area contributed by atoms with Crippen molar-refractivity contribution in [3.05, 3.63) is 28.5 Å². The van der Waals surface area contributed by atoms with Crippen molar-refractivity contribution in [3.63, 3.8) is 0 Å². The maximum Gasteiger partial charge on any atom is 0.0410 e. The molecule has 1 atom stereocenters. The van der Waals surface area contributed by atoms with E-state index in [4.69, 9.17) is 0 Å². The van der Waals surface area contributed by atoms with Gasteiger partial charge in [-0.2, -0.15) is 11.8 Å². The second-order valence-corrected chi connectivity index (χ2v) is 6.10. The van der Waals surface area contributed by atoms with Crippen LogP contribution in [-0.2, 0) is 6.54 Å². The van der Waals surface area contributed by atoms with E-state index in [9.17, 15) is 0 Å². The van der Waals surface area contributed by atoms with Gasteiger partial charge in [0.15, 0.2) is 0 Å². The largest absolute Gasteiger partial charge is 0.312 e. The summed E-state index contributed by atoms with van der Waals surface area (Å²) in [6.07, 6.45) is 6.49. The number of pyridine rings is 1.